The molecule has 28 heavy (non-hydrogen) atoms. The van der Waals surface area contributed by atoms with Crippen LogP contribution in [0.4, 0.5) is 10.5 Å². The Hall–Kier alpha value is -3.10. The van der Waals surface area contributed by atoms with Gasteiger partial charge in [-0.3, -0.25) is 19.3 Å². The fraction of sp³-hybridized carbons (Fsp3) is 0.474. The Bertz CT molecular complexity index is 786. The molecule has 1 aromatic rings. The zero-order valence-corrected chi connectivity index (χ0v) is 16.0. The molecule has 9 heteroatoms. The van der Waals surface area contributed by atoms with Crippen LogP contribution in [-0.2, 0) is 14.4 Å². The Kier molecular flexibility index (Phi) is 5.53. The first kappa shape index (κ1) is 19.7. The van der Waals surface area contributed by atoms with Crippen LogP contribution < -0.4 is 15.4 Å². The van der Waals surface area contributed by atoms with E-state index in [-0.39, 0.29) is 24.9 Å². The van der Waals surface area contributed by atoms with Gasteiger partial charge in [-0.25, -0.2) is 4.79 Å². The molecule has 0 atom stereocenters. The molecule has 1 heterocycles. The number of nitrogens with zero attached hydrogens (tertiary/aromatic N) is 2. The number of imide groups is 1. The number of amides is 5. The lowest BCUT2D eigenvalue weighted by Gasteiger charge is -2.22. The molecule has 0 radical (unpaired) electrons. The van der Waals surface area contributed by atoms with E-state index in [1.807, 2.05) is 0 Å². The van der Waals surface area contributed by atoms with Crippen LogP contribution in [0, 0.1) is 0 Å². The summed E-state index contributed by atoms with van der Waals surface area (Å²) in [6.45, 7) is -0.571. The average molecular weight is 388 g/mol. The molecule has 1 aromatic carbocycles. The van der Waals surface area contributed by atoms with Crippen molar-refractivity contribution in [3.63, 3.8) is 0 Å². The van der Waals surface area contributed by atoms with Gasteiger partial charge in [-0.15, -0.1) is 0 Å². The maximum atomic E-state index is 12.6. The lowest BCUT2D eigenvalue weighted by Crippen LogP contribution is -2.46. The molecule has 1 saturated heterocycles. The van der Waals surface area contributed by atoms with Crippen molar-refractivity contribution >= 4 is 29.4 Å². The van der Waals surface area contributed by atoms with Gasteiger partial charge in [-0.05, 0) is 37.1 Å². The predicted octanol–water partition coefficient (Wildman–Crippen LogP) is 0.957. The minimum atomic E-state index is -0.846. The van der Waals surface area contributed by atoms with Crippen LogP contribution in [0.3, 0.4) is 0 Å². The summed E-state index contributed by atoms with van der Waals surface area (Å²) in [5, 5.41) is 5.41. The summed E-state index contributed by atoms with van der Waals surface area (Å²) in [6, 6.07) is 6.25. The topological polar surface area (TPSA) is 108 Å². The minimum absolute atomic E-state index is 0.195. The number of hydrogen-bond donors (Lipinski definition) is 2. The van der Waals surface area contributed by atoms with E-state index < -0.39 is 17.5 Å². The molecule has 1 saturated carbocycles. The van der Waals surface area contributed by atoms with Crippen molar-refractivity contribution in [1.29, 1.82) is 0 Å². The van der Waals surface area contributed by atoms with Gasteiger partial charge in [0.05, 0.1) is 13.7 Å². The number of carbonyl (C=O) groups is 4. The standard InChI is InChI=1S/C19H24N4O5/c1-22(11-15(24)20-13-5-7-14(28-2)8-6-13)16(25)12-23-17(26)19(21-18(23)27)9-3-4-10-19/h5-8H,3-4,9-12H2,1-2H3,(H,20,24)(H,21,27). The molecular formula is C19H24N4O5. The van der Waals surface area contributed by atoms with E-state index in [0.717, 1.165) is 17.7 Å². The number of ether oxygens (including phenoxy) is 1. The molecule has 1 spiro atoms. The smallest absolute Gasteiger partial charge is 0.325 e. The van der Waals surface area contributed by atoms with Crippen molar-refractivity contribution in [3.05, 3.63) is 24.3 Å². The van der Waals surface area contributed by atoms with Gasteiger partial charge in [-0.2, -0.15) is 0 Å². The molecule has 1 aliphatic carbocycles. The van der Waals surface area contributed by atoms with E-state index in [0.29, 0.717) is 24.3 Å². The maximum Gasteiger partial charge on any atom is 0.325 e. The van der Waals surface area contributed by atoms with Crippen LogP contribution in [-0.4, -0.2) is 66.3 Å². The number of likely N-dealkylation sites (N-methyl/N-ethyl adjacent to an activating group) is 1. The highest BCUT2D eigenvalue weighted by molar-refractivity contribution is 6.09. The number of carbonyl (C=O) groups excluding carboxylic acids is 4. The normalized spacial score (nSPS) is 17.6. The zero-order valence-electron chi connectivity index (χ0n) is 16.0. The Morgan fingerprint density at radius 2 is 1.86 bits per heavy atom. The van der Waals surface area contributed by atoms with Crippen LogP contribution in [0.25, 0.3) is 0 Å². The molecule has 2 aliphatic rings. The molecule has 3 rings (SSSR count). The Labute approximate surface area is 163 Å². The average Bonchev–Trinajstić information content (AvgIpc) is 3.23. The molecule has 2 fully saturated rings. The summed E-state index contributed by atoms with van der Waals surface area (Å²) in [6.07, 6.45) is 2.95. The minimum Gasteiger partial charge on any atom is -0.497 e. The van der Waals surface area contributed by atoms with E-state index in [1.165, 1.54) is 11.9 Å². The van der Waals surface area contributed by atoms with Gasteiger partial charge in [0.15, 0.2) is 0 Å². The monoisotopic (exact) mass is 388 g/mol. The summed E-state index contributed by atoms with van der Waals surface area (Å²) in [5.41, 5.74) is -0.272. The first-order valence-electron chi connectivity index (χ1n) is 9.16. The van der Waals surface area contributed by atoms with E-state index in [4.69, 9.17) is 4.74 Å². The Morgan fingerprint density at radius 3 is 2.46 bits per heavy atom. The Morgan fingerprint density at radius 1 is 1.21 bits per heavy atom. The van der Waals surface area contributed by atoms with E-state index in [2.05, 4.69) is 10.6 Å². The first-order valence-corrected chi connectivity index (χ1v) is 9.16. The van der Waals surface area contributed by atoms with Crippen molar-refractivity contribution < 1.29 is 23.9 Å². The summed E-state index contributed by atoms with van der Waals surface area (Å²) in [7, 11) is 3.01. The number of rotatable bonds is 6. The second-order valence-corrected chi connectivity index (χ2v) is 7.14. The molecule has 0 unspecified atom stereocenters. The van der Waals surface area contributed by atoms with Gasteiger partial charge in [0, 0.05) is 12.7 Å². The molecule has 0 bridgehead atoms. The van der Waals surface area contributed by atoms with Gasteiger partial charge in [0.25, 0.3) is 5.91 Å². The third-order valence-corrected chi connectivity index (χ3v) is 5.18. The maximum absolute atomic E-state index is 12.6. The SMILES string of the molecule is COc1ccc(NC(=O)CN(C)C(=O)CN2C(=O)NC3(CCCC3)C2=O)cc1. The summed E-state index contributed by atoms with van der Waals surface area (Å²) in [4.78, 5) is 51.5. The number of methoxy groups -OCH3 is 1. The number of urea groups is 1. The van der Waals surface area contributed by atoms with Gasteiger partial charge in [0.1, 0.15) is 17.8 Å². The fourth-order valence-electron chi connectivity index (χ4n) is 3.57. The molecule has 0 aromatic heterocycles. The van der Waals surface area contributed by atoms with Gasteiger partial charge in [0.2, 0.25) is 11.8 Å². The van der Waals surface area contributed by atoms with E-state index >= 15 is 0 Å². The molecular weight excluding hydrogens is 364 g/mol. The Balaban J connectivity index is 1.53. The summed E-state index contributed by atoms with van der Waals surface area (Å²) < 4.78 is 5.06. The number of anilines is 1. The third kappa shape index (κ3) is 3.92. The fourth-order valence-corrected chi connectivity index (χ4v) is 3.57. The molecule has 5 amide bonds. The third-order valence-electron chi connectivity index (χ3n) is 5.18. The largest absolute Gasteiger partial charge is 0.497 e. The van der Waals surface area contributed by atoms with Crippen molar-refractivity contribution in [3.8, 4) is 5.75 Å². The highest BCUT2D eigenvalue weighted by atomic mass is 16.5. The quantitative estimate of drug-likeness (QED) is 0.706. The van der Waals surface area contributed by atoms with Gasteiger partial charge < -0.3 is 20.3 Å². The number of nitrogens with one attached hydrogen (secondary N) is 2. The van der Waals surface area contributed by atoms with Crippen molar-refractivity contribution in [2.75, 3.05) is 32.6 Å². The van der Waals surface area contributed by atoms with Crippen LogP contribution in [0.5, 0.6) is 5.75 Å². The summed E-state index contributed by atoms with van der Waals surface area (Å²) in [5.74, 6) is -0.549. The number of benzene rings is 1. The van der Waals surface area contributed by atoms with E-state index in [9.17, 15) is 19.2 Å². The zero-order chi connectivity index (χ0) is 20.3. The first-order chi connectivity index (χ1) is 13.3. The van der Waals surface area contributed by atoms with E-state index in [1.54, 1.807) is 31.4 Å². The van der Waals surface area contributed by atoms with Crippen molar-refractivity contribution in [2.45, 2.75) is 31.2 Å². The second-order valence-electron chi connectivity index (χ2n) is 7.14. The van der Waals surface area contributed by atoms with Crippen LogP contribution in [0.2, 0.25) is 0 Å². The highest BCUT2D eigenvalue weighted by Crippen LogP contribution is 2.34. The van der Waals surface area contributed by atoms with Crippen molar-refractivity contribution in [1.82, 2.24) is 15.1 Å². The number of hydrogen-bond acceptors (Lipinski definition) is 5. The molecule has 1 aliphatic heterocycles. The van der Waals surface area contributed by atoms with Gasteiger partial charge in [-0.1, -0.05) is 12.8 Å². The van der Waals surface area contributed by atoms with Crippen LogP contribution >= 0.6 is 0 Å². The van der Waals surface area contributed by atoms with Crippen LogP contribution in [0.1, 0.15) is 25.7 Å². The lowest BCUT2D eigenvalue weighted by molar-refractivity contribution is -0.139. The highest BCUT2D eigenvalue weighted by Gasteiger charge is 2.52. The second kappa shape index (κ2) is 7.87. The van der Waals surface area contributed by atoms with Gasteiger partial charge >= 0.3 is 6.03 Å². The molecule has 2 N–H and O–H groups in total. The lowest BCUT2D eigenvalue weighted by atomic mass is 9.98. The molecule has 9 nitrogen and oxygen atoms in total. The summed E-state index contributed by atoms with van der Waals surface area (Å²) >= 11 is 0. The van der Waals surface area contributed by atoms with Crippen LogP contribution in [0.15, 0.2) is 24.3 Å². The predicted molar refractivity (Wildman–Crippen MR) is 101 cm³/mol. The molecule has 150 valence electrons. The van der Waals surface area contributed by atoms with Crippen molar-refractivity contribution in [2.24, 2.45) is 0 Å².